The summed E-state index contributed by atoms with van der Waals surface area (Å²) in [6.45, 7) is -0.768. The lowest BCUT2D eigenvalue weighted by Gasteiger charge is -2.34. The molecule has 0 saturated carbocycles. The van der Waals surface area contributed by atoms with Gasteiger partial charge in [-0.3, -0.25) is 9.78 Å². The molecular weight excluding hydrogens is 313 g/mol. The van der Waals surface area contributed by atoms with E-state index in [1.807, 2.05) is 0 Å². The van der Waals surface area contributed by atoms with Crippen LogP contribution in [0.1, 0.15) is 10.4 Å². The molecule has 1 saturated heterocycles. The Bertz CT molecular complexity index is 748. The summed E-state index contributed by atoms with van der Waals surface area (Å²) in [6.07, 6.45) is -5.09. The fourth-order valence-electron chi connectivity index (χ4n) is 2.50. The number of rotatable bonds is 1. The van der Waals surface area contributed by atoms with Gasteiger partial charge < -0.3 is 14.7 Å². The molecule has 0 aliphatic carbocycles. The lowest BCUT2D eigenvalue weighted by Crippen LogP contribution is -2.51. The third-order valence-electron chi connectivity index (χ3n) is 3.70. The third kappa shape index (κ3) is 2.94. The van der Waals surface area contributed by atoms with Crippen LogP contribution in [-0.4, -0.2) is 52.9 Å². The van der Waals surface area contributed by atoms with Gasteiger partial charge >= 0.3 is 6.18 Å². The summed E-state index contributed by atoms with van der Waals surface area (Å²) in [4.78, 5) is 17.5. The summed E-state index contributed by atoms with van der Waals surface area (Å²) in [7, 11) is 0. The number of pyridine rings is 1. The molecule has 1 aromatic carbocycles. The van der Waals surface area contributed by atoms with E-state index in [1.54, 1.807) is 18.2 Å². The number of halogens is 3. The second kappa shape index (κ2) is 5.69. The first-order valence-electron chi connectivity index (χ1n) is 6.92. The van der Waals surface area contributed by atoms with Crippen molar-refractivity contribution in [1.82, 2.24) is 9.88 Å². The van der Waals surface area contributed by atoms with Gasteiger partial charge in [0.2, 0.25) is 0 Å². The maximum atomic E-state index is 12.7. The quantitative estimate of drug-likeness (QED) is 0.874. The molecule has 0 bridgehead atoms. The molecule has 0 spiro atoms. The van der Waals surface area contributed by atoms with Crippen molar-refractivity contribution in [3.8, 4) is 5.75 Å². The van der Waals surface area contributed by atoms with Gasteiger partial charge in [-0.15, -0.1) is 0 Å². The molecule has 0 unspecified atom stereocenters. The number of nitrogens with zero attached hydrogens (tertiary/aromatic N) is 2. The third-order valence-corrected chi connectivity index (χ3v) is 3.70. The number of aromatic nitrogens is 1. The number of ether oxygens (including phenoxy) is 1. The maximum absolute atomic E-state index is 12.7. The molecule has 1 aromatic heterocycles. The van der Waals surface area contributed by atoms with E-state index in [-0.39, 0.29) is 30.0 Å². The lowest BCUT2D eigenvalue weighted by atomic mass is 10.1. The largest absolute Gasteiger partial charge is 0.505 e. The normalized spacial score (nSPS) is 19.1. The molecule has 2 heterocycles. The number of hydrogen-bond donors (Lipinski definition) is 1. The maximum Gasteiger partial charge on any atom is 0.416 e. The monoisotopic (exact) mass is 326 g/mol. The van der Waals surface area contributed by atoms with Crippen molar-refractivity contribution in [1.29, 1.82) is 0 Å². The molecule has 23 heavy (non-hydrogen) atoms. The van der Waals surface area contributed by atoms with Crippen LogP contribution in [0.15, 0.2) is 30.5 Å². The number of morpholine rings is 1. The number of phenolic OH excluding ortho intramolecular Hbond substituents is 1. The fourth-order valence-corrected chi connectivity index (χ4v) is 2.50. The highest BCUT2D eigenvalue weighted by Gasteiger charge is 2.44. The van der Waals surface area contributed by atoms with Gasteiger partial charge in [-0.2, -0.15) is 13.2 Å². The molecule has 8 heteroatoms. The Labute approximate surface area is 129 Å². The molecule has 5 nitrogen and oxygen atoms in total. The molecule has 1 atom stereocenters. The van der Waals surface area contributed by atoms with Crippen LogP contribution in [0.25, 0.3) is 10.9 Å². The van der Waals surface area contributed by atoms with Crippen molar-refractivity contribution in [3.05, 3.63) is 36.0 Å². The van der Waals surface area contributed by atoms with Gasteiger partial charge in [0.1, 0.15) is 5.52 Å². The molecule has 1 aliphatic rings. The first-order valence-corrected chi connectivity index (χ1v) is 6.92. The number of hydrogen-bond acceptors (Lipinski definition) is 4. The van der Waals surface area contributed by atoms with Crippen molar-refractivity contribution >= 4 is 16.8 Å². The highest BCUT2D eigenvalue weighted by atomic mass is 19.4. The Morgan fingerprint density at radius 3 is 2.87 bits per heavy atom. The fraction of sp³-hybridized carbons (Fsp3) is 0.333. The van der Waals surface area contributed by atoms with Crippen molar-refractivity contribution in [2.45, 2.75) is 12.3 Å². The zero-order chi connectivity index (χ0) is 16.6. The smallest absolute Gasteiger partial charge is 0.416 e. The average molecular weight is 326 g/mol. The van der Waals surface area contributed by atoms with E-state index in [2.05, 4.69) is 9.72 Å². The van der Waals surface area contributed by atoms with Crippen LogP contribution in [0.3, 0.4) is 0 Å². The summed E-state index contributed by atoms with van der Waals surface area (Å²) < 4.78 is 42.9. The predicted molar refractivity (Wildman–Crippen MR) is 75.1 cm³/mol. The first kappa shape index (κ1) is 15.5. The summed E-state index contributed by atoms with van der Waals surface area (Å²) in [5.41, 5.74) is 0.165. The van der Waals surface area contributed by atoms with Crippen LogP contribution in [0.4, 0.5) is 13.2 Å². The van der Waals surface area contributed by atoms with Crippen molar-refractivity contribution < 1.29 is 27.8 Å². The molecule has 0 radical (unpaired) electrons. The number of carbonyl (C=O) groups excluding carboxylic acids is 1. The standard InChI is InChI=1S/C15H13F3N2O3/c16-15(17,18)11-8-20(6-7-23-11)14(22)10-4-3-9-2-1-5-19-12(9)13(10)21/h1-5,11,21H,6-8H2/t11-/m1/s1. The van der Waals surface area contributed by atoms with Gasteiger partial charge in [0.15, 0.2) is 11.9 Å². The van der Waals surface area contributed by atoms with E-state index in [4.69, 9.17) is 0 Å². The number of aromatic hydroxyl groups is 1. The van der Waals surface area contributed by atoms with Crippen LogP contribution in [0.2, 0.25) is 0 Å². The second-order valence-corrected chi connectivity index (χ2v) is 5.19. The minimum atomic E-state index is -4.54. The van der Waals surface area contributed by atoms with Gasteiger partial charge in [-0.25, -0.2) is 0 Å². The van der Waals surface area contributed by atoms with Crippen LogP contribution >= 0.6 is 0 Å². The van der Waals surface area contributed by atoms with Crippen LogP contribution in [-0.2, 0) is 4.74 Å². The Hall–Kier alpha value is -2.35. The van der Waals surface area contributed by atoms with E-state index in [1.165, 1.54) is 12.3 Å². The van der Waals surface area contributed by atoms with E-state index in [9.17, 15) is 23.1 Å². The summed E-state index contributed by atoms with van der Waals surface area (Å²) in [6, 6.07) is 6.38. The summed E-state index contributed by atoms with van der Waals surface area (Å²) >= 11 is 0. The number of fused-ring (bicyclic) bond motifs is 1. The van der Waals surface area contributed by atoms with Crippen molar-refractivity contribution in [2.75, 3.05) is 19.7 Å². The highest BCUT2D eigenvalue weighted by molar-refractivity contribution is 6.02. The number of carbonyl (C=O) groups is 1. The van der Waals surface area contributed by atoms with Crippen molar-refractivity contribution in [2.24, 2.45) is 0 Å². The second-order valence-electron chi connectivity index (χ2n) is 5.19. The minimum Gasteiger partial charge on any atom is -0.505 e. The number of alkyl halides is 3. The van der Waals surface area contributed by atoms with E-state index < -0.39 is 24.7 Å². The Morgan fingerprint density at radius 2 is 2.13 bits per heavy atom. The molecule has 1 aliphatic heterocycles. The van der Waals surface area contributed by atoms with E-state index in [0.29, 0.717) is 5.39 Å². The van der Waals surface area contributed by atoms with Gasteiger partial charge in [0, 0.05) is 18.1 Å². The molecule has 1 N–H and O–H groups in total. The van der Waals surface area contributed by atoms with Crippen LogP contribution < -0.4 is 0 Å². The van der Waals surface area contributed by atoms with Crippen molar-refractivity contribution in [3.63, 3.8) is 0 Å². The lowest BCUT2D eigenvalue weighted by molar-refractivity contribution is -0.233. The number of benzene rings is 1. The first-order chi connectivity index (χ1) is 10.9. The molecule has 1 amide bonds. The topological polar surface area (TPSA) is 62.7 Å². The SMILES string of the molecule is O=C(c1ccc2cccnc2c1O)N1CCO[C@@H](C(F)(F)F)C1. The zero-order valence-electron chi connectivity index (χ0n) is 11.9. The van der Waals surface area contributed by atoms with E-state index >= 15 is 0 Å². The number of phenols is 1. The van der Waals surface area contributed by atoms with E-state index in [0.717, 1.165) is 4.90 Å². The Balaban J connectivity index is 1.90. The van der Waals surface area contributed by atoms with Gasteiger partial charge in [0.05, 0.1) is 18.7 Å². The van der Waals surface area contributed by atoms with Gasteiger partial charge in [0.25, 0.3) is 5.91 Å². The average Bonchev–Trinajstić information content (AvgIpc) is 2.54. The summed E-state index contributed by atoms with van der Waals surface area (Å²) in [5.74, 6) is -1.00. The Morgan fingerprint density at radius 1 is 1.35 bits per heavy atom. The van der Waals surface area contributed by atoms with Gasteiger partial charge in [-0.1, -0.05) is 12.1 Å². The summed E-state index contributed by atoms with van der Waals surface area (Å²) in [5, 5.41) is 10.8. The molecule has 122 valence electrons. The predicted octanol–water partition coefficient (Wildman–Crippen LogP) is 2.34. The van der Waals surface area contributed by atoms with Crippen LogP contribution in [0, 0.1) is 0 Å². The Kier molecular flexibility index (Phi) is 3.85. The highest BCUT2D eigenvalue weighted by Crippen LogP contribution is 2.30. The van der Waals surface area contributed by atoms with Crippen LogP contribution in [0.5, 0.6) is 5.75 Å². The molecular formula is C15H13F3N2O3. The number of amides is 1. The molecule has 2 aromatic rings. The molecule has 1 fully saturated rings. The molecule has 3 rings (SSSR count). The minimum absolute atomic E-state index is 0.0328. The zero-order valence-corrected chi connectivity index (χ0v) is 11.9. The van der Waals surface area contributed by atoms with Gasteiger partial charge in [-0.05, 0) is 12.1 Å².